The van der Waals surface area contributed by atoms with Gasteiger partial charge in [-0.2, -0.15) is 13.2 Å². The van der Waals surface area contributed by atoms with Gasteiger partial charge in [-0.3, -0.25) is 0 Å². The van der Waals surface area contributed by atoms with Crippen molar-refractivity contribution in [3.05, 3.63) is 52.4 Å². The number of hydrogen-bond donors (Lipinski definition) is 3. The first-order valence-electron chi connectivity index (χ1n) is 9.88. The molecule has 0 fully saturated rings. The van der Waals surface area contributed by atoms with Gasteiger partial charge in [0.15, 0.2) is 0 Å². The lowest BCUT2D eigenvalue weighted by Gasteiger charge is -2.32. The van der Waals surface area contributed by atoms with Gasteiger partial charge in [-0.05, 0) is 70.5 Å². The number of nitrogens with one attached hydrogen (secondary N) is 1. The summed E-state index contributed by atoms with van der Waals surface area (Å²) in [7, 11) is 0. The molecule has 182 valence electrons. The number of rotatable bonds is 5. The standard InChI is InChI=1S/C22H26ClF4N3O3/c1-19(2,3)33-18(31)30-20(4,5)13-9-16(12-6-7-15(24)14(23)8-12)29-17(10-13)21(32,11-28)22(25,26)27/h6-10,32H,11,28H2,1-5H3,(H,30,31). The predicted molar refractivity (Wildman–Crippen MR) is 116 cm³/mol. The van der Waals surface area contributed by atoms with Crippen molar-refractivity contribution < 1.29 is 32.2 Å². The average Bonchev–Trinajstić information content (AvgIpc) is 2.66. The van der Waals surface area contributed by atoms with Crippen molar-refractivity contribution in [1.82, 2.24) is 10.3 Å². The maximum absolute atomic E-state index is 13.7. The highest BCUT2D eigenvalue weighted by Gasteiger charge is 2.55. The summed E-state index contributed by atoms with van der Waals surface area (Å²) >= 11 is 5.83. The van der Waals surface area contributed by atoms with Crippen LogP contribution in [-0.2, 0) is 15.9 Å². The Kier molecular flexibility index (Phi) is 7.38. The van der Waals surface area contributed by atoms with Crippen molar-refractivity contribution >= 4 is 17.7 Å². The molecule has 0 aliphatic rings. The number of amides is 1. The molecule has 0 radical (unpaired) electrons. The normalized spacial score (nSPS) is 14.5. The summed E-state index contributed by atoms with van der Waals surface area (Å²) in [6.07, 6.45) is -5.95. The number of nitrogens with zero attached hydrogens (tertiary/aromatic N) is 1. The van der Waals surface area contributed by atoms with Gasteiger partial charge < -0.3 is 20.9 Å². The Morgan fingerprint density at radius 3 is 2.24 bits per heavy atom. The molecule has 33 heavy (non-hydrogen) atoms. The molecule has 1 aromatic carbocycles. The quantitative estimate of drug-likeness (QED) is 0.511. The van der Waals surface area contributed by atoms with Crippen molar-refractivity contribution in [2.24, 2.45) is 5.73 Å². The smallest absolute Gasteiger partial charge is 0.424 e. The van der Waals surface area contributed by atoms with Crippen LogP contribution >= 0.6 is 11.6 Å². The van der Waals surface area contributed by atoms with E-state index in [1.807, 2.05) is 0 Å². The van der Waals surface area contributed by atoms with E-state index in [2.05, 4.69) is 10.3 Å². The van der Waals surface area contributed by atoms with Gasteiger partial charge in [0.25, 0.3) is 0 Å². The Morgan fingerprint density at radius 1 is 1.15 bits per heavy atom. The molecule has 0 spiro atoms. The zero-order chi connectivity index (χ0) is 25.4. The number of pyridine rings is 1. The topological polar surface area (TPSA) is 97.5 Å². The third-order valence-corrected chi connectivity index (χ3v) is 5.05. The fraction of sp³-hybridized carbons (Fsp3) is 0.455. The predicted octanol–water partition coefficient (Wildman–Crippen LogP) is 5.01. The van der Waals surface area contributed by atoms with Crippen molar-refractivity contribution in [3.8, 4) is 11.3 Å². The molecule has 4 N–H and O–H groups in total. The third kappa shape index (κ3) is 6.13. The van der Waals surface area contributed by atoms with Gasteiger partial charge in [0, 0.05) is 12.1 Å². The van der Waals surface area contributed by atoms with Crippen LogP contribution in [0.3, 0.4) is 0 Å². The van der Waals surface area contributed by atoms with E-state index in [0.29, 0.717) is 0 Å². The van der Waals surface area contributed by atoms with Crippen molar-refractivity contribution in [1.29, 1.82) is 0 Å². The number of alkyl carbamates (subject to hydrolysis) is 1. The second-order valence-electron chi connectivity index (χ2n) is 9.07. The van der Waals surface area contributed by atoms with Gasteiger partial charge >= 0.3 is 12.3 Å². The number of carbonyl (C=O) groups is 1. The fourth-order valence-electron chi connectivity index (χ4n) is 2.90. The highest BCUT2D eigenvalue weighted by Crippen LogP contribution is 2.40. The highest BCUT2D eigenvalue weighted by molar-refractivity contribution is 6.31. The van der Waals surface area contributed by atoms with E-state index in [9.17, 15) is 27.5 Å². The van der Waals surface area contributed by atoms with Gasteiger partial charge in [0.1, 0.15) is 11.4 Å². The largest absolute Gasteiger partial charge is 0.444 e. The fourth-order valence-corrected chi connectivity index (χ4v) is 3.08. The molecular weight excluding hydrogens is 466 g/mol. The molecule has 1 unspecified atom stereocenters. The molecule has 1 amide bonds. The molecule has 0 saturated heterocycles. The molecule has 2 rings (SSSR count). The monoisotopic (exact) mass is 491 g/mol. The SMILES string of the molecule is CC(C)(C)OC(=O)NC(C)(C)c1cc(-c2ccc(F)c(Cl)c2)nc(C(O)(CN)C(F)(F)F)c1. The number of ether oxygens (including phenoxy) is 1. The summed E-state index contributed by atoms with van der Waals surface area (Å²) in [5.41, 5.74) is -0.725. The average molecular weight is 492 g/mol. The van der Waals surface area contributed by atoms with Crippen LogP contribution in [0.2, 0.25) is 5.02 Å². The first-order chi connectivity index (χ1) is 14.9. The van der Waals surface area contributed by atoms with Crippen molar-refractivity contribution in [3.63, 3.8) is 0 Å². The number of halogens is 5. The minimum absolute atomic E-state index is 0.0420. The van der Waals surface area contributed by atoms with Crippen LogP contribution in [0.1, 0.15) is 45.9 Å². The highest BCUT2D eigenvalue weighted by atomic mass is 35.5. The Hall–Kier alpha value is -2.43. The molecule has 1 aromatic heterocycles. The number of nitrogens with two attached hydrogens (primary N) is 1. The molecule has 0 bridgehead atoms. The van der Waals surface area contributed by atoms with E-state index in [4.69, 9.17) is 22.1 Å². The van der Waals surface area contributed by atoms with Gasteiger partial charge in [-0.25, -0.2) is 14.2 Å². The summed E-state index contributed by atoms with van der Waals surface area (Å²) in [5, 5.41) is 12.7. The molecule has 6 nitrogen and oxygen atoms in total. The van der Waals surface area contributed by atoms with E-state index in [1.54, 1.807) is 20.8 Å². The van der Waals surface area contributed by atoms with Gasteiger partial charge in [-0.1, -0.05) is 11.6 Å². The van der Waals surface area contributed by atoms with Gasteiger partial charge in [0.05, 0.1) is 21.9 Å². The van der Waals surface area contributed by atoms with Crippen LogP contribution in [0.15, 0.2) is 30.3 Å². The summed E-state index contributed by atoms with van der Waals surface area (Å²) < 4.78 is 60.1. The summed E-state index contributed by atoms with van der Waals surface area (Å²) in [6.45, 7) is 6.84. The lowest BCUT2D eigenvalue weighted by molar-refractivity contribution is -0.263. The first kappa shape index (κ1) is 26.8. The molecule has 0 aliphatic heterocycles. The number of carbonyl (C=O) groups excluding carboxylic acids is 1. The molecular formula is C22H26ClF4N3O3. The van der Waals surface area contributed by atoms with E-state index in [0.717, 1.165) is 12.1 Å². The second kappa shape index (κ2) is 9.08. The zero-order valence-electron chi connectivity index (χ0n) is 18.8. The number of aliphatic hydroxyl groups is 1. The van der Waals surface area contributed by atoms with Crippen LogP contribution in [0.25, 0.3) is 11.3 Å². The van der Waals surface area contributed by atoms with Gasteiger partial charge in [0.2, 0.25) is 5.60 Å². The van der Waals surface area contributed by atoms with Crippen LogP contribution in [0.4, 0.5) is 22.4 Å². The summed E-state index contributed by atoms with van der Waals surface area (Å²) in [5.74, 6) is -0.725. The van der Waals surface area contributed by atoms with Crippen molar-refractivity contribution in [2.75, 3.05) is 6.54 Å². The third-order valence-electron chi connectivity index (χ3n) is 4.76. The van der Waals surface area contributed by atoms with Crippen LogP contribution in [0, 0.1) is 5.82 Å². The molecule has 11 heteroatoms. The number of alkyl halides is 3. The molecule has 0 saturated carbocycles. The summed E-state index contributed by atoms with van der Waals surface area (Å²) in [6, 6.07) is 5.91. The summed E-state index contributed by atoms with van der Waals surface area (Å²) in [4.78, 5) is 16.3. The first-order valence-corrected chi connectivity index (χ1v) is 10.3. The van der Waals surface area contributed by atoms with Gasteiger partial charge in [-0.15, -0.1) is 0 Å². The Labute approximate surface area is 194 Å². The minimum atomic E-state index is -5.15. The zero-order valence-corrected chi connectivity index (χ0v) is 19.5. The minimum Gasteiger partial charge on any atom is -0.444 e. The van der Waals surface area contributed by atoms with Crippen LogP contribution in [0.5, 0.6) is 0 Å². The van der Waals surface area contributed by atoms with Crippen molar-refractivity contribution in [2.45, 2.75) is 57.5 Å². The Bertz CT molecular complexity index is 1040. The lowest BCUT2D eigenvalue weighted by atomic mass is 9.89. The molecule has 1 heterocycles. The van der Waals surface area contributed by atoms with E-state index >= 15 is 0 Å². The lowest BCUT2D eigenvalue weighted by Crippen LogP contribution is -2.49. The molecule has 1 atom stereocenters. The van der Waals surface area contributed by atoms with E-state index in [1.165, 1.54) is 32.0 Å². The molecule has 2 aromatic rings. The number of hydrogen-bond acceptors (Lipinski definition) is 5. The Morgan fingerprint density at radius 2 is 1.76 bits per heavy atom. The van der Waals surface area contributed by atoms with Crippen LogP contribution < -0.4 is 11.1 Å². The molecule has 0 aliphatic carbocycles. The maximum atomic E-state index is 13.7. The number of aromatic nitrogens is 1. The second-order valence-corrected chi connectivity index (χ2v) is 9.48. The Balaban J connectivity index is 2.69. The number of benzene rings is 1. The maximum Gasteiger partial charge on any atom is 0.424 e. The van der Waals surface area contributed by atoms with E-state index < -0.39 is 47.1 Å². The van der Waals surface area contributed by atoms with E-state index in [-0.39, 0.29) is 21.8 Å². The van der Waals surface area contributed by atoms with Crippen LogP contribution in [-0.4, -0.2) is 34.5 Å².